The zero-order valence-electron chi connectivity index (χ0n) is 9.42. The topological polar surface area (TPSA) is 35.2 Å². The fourth-order valence-electron chi connectivity index (χ4n) is 1.87. The van der Waals surface area contributed by atoms with Gasteiger partial charge in [-0.25, -0.2) is 0 Å². The fourth-order valence-corrected chi connectivity index (χ4v) is 1.87. The van der Waals surface area contributed by atoms with Crippen LogP contribution in [0.3, 0.4) is 0 Å². The van der Waals surface area contributed by atoms with E-state index in [0.29, 0.717) is 11.5 Å². The summed E-state index contributed by atoms with van der Waals surface area (Å²) in [5.41, 5.74) is 5.92. The summed E-state index contributed by atoms with van der Waals surface area (Å²) in [5, 5.41) is 0. The zero-order valence-corrected chi connectivity index (χ0v) is 9.42. The van der Waals surface area contributed by atoms with Gasteiger partial charge in [-0.1, -0.05) is 6.07 Å². The third kappa shape index (κ3) is 2.54. The van der Waals surface area contributed by atoms with Crippen LogP contribution in [-0.2, 0) is 6.18 Å². The van der Waals surface area contributed by atoms with Crippen LogP contribution in [0.15, 0.2) is 18.2 Å². The first-order valence-electron chi connectivity index (χ1n) is 5.44. The maximum Gasteiger partial charge on any atom is 0.416 e. The predicted octanol–water partition coefficient (Wildman–Crippen LogP) is 3.12. The number of nitrogens with two attached hydrogens (primary N) is 1. The highest BCUT2D eigenvalue weighted by atomic mass is 19.4. The highest BCUT2D eigenvalue weighted by molar-refractivity contribution is 5.41. The Hall–Kier alpha value is -1.23. The number of hydrogen-bond acceptors (Lipinski definition) is 2. The minimum atomic E-state index is -4.35. The first-order chi connectivity index (χ1) is 7.93. The second kappa shape index (κ2) is 4.22. The summed E-state index contributed by atoms with van der Waals surface area (Å²) in [7, 11) is 1.36. The number of ether oxygens (including phenoxy) is 1. The lowest BCUT2D eigenvalue weighted by Crippen LogP contribution is -2.14. The van der Waals surface area contributed by atoms with Gasteiger partial charge >= 0.3 is 6.18 Å². The van der Waals surface area contributed by atoms with E-state index in [2.05, 4.69) is 0 Å². The third-order valence-corrected chi connectivity index (χ3v) is 3.05. The zero-order chi connectivity index (χ0) is 12.6. The largest absolute Gasteiger partial charge is 0.496 e. The van der Waals surface area contributed by atoms with Crippen molar-refractivity contribution in [1.29, 1.82) is 0 Å². The first-order valence-corrected chi connectivity index (χ1v) is 5.44. The molecule has 1 fully saturated rings. The molecule has 1 aromatic carbocycles. The van der Waals surface area contributed by atoms with E-state index in [9.17, 15) is 13.2 Å². The molecular formula is C12H14F3NO. The molecule has 17 heavy (non-hydrogen) atoms. The molecule has 5 heteroatoms. The van der Waals surface area contributed by atoms with Gasteiger partial charge in [-0.3, -0.25) is 0 Å². The summed E-state index contributed by atoms with van der Waals surface area (Å²) >= 11 is 0. The maximum absolute atomic E-state index is 12.5. The Balaban J connectivity index is 2.34. The molecule has 1 aromatic rings. The lowest BCUT2D eigenvalue weighted by atomic mass is 10.0. The second-order valence-corrected chi connectivity index (χ2v) is 4.32. The van der Waals surface area contributed by atoms with Crippen LogP contribution in [0.1, 0.15) is 30.0 Å². The summed E-state index contributed by atoms with van der Waals surface area (Å²) in [6, 6.07) is 3.26. The van der Waals surface area contributed by atoms with Crippen LogP contribution in [0.25, 0.3) is 0 Å². The Morgan fingerprint density at radius 2 is 2.00 bits per heavy atom. The molecule has 0 amide bonds. The van der Waals surface area contributed by atoms with Crippen molar-refractivity contribution >= 4 is 0 Å². The second-order valence-electron chi connectivity index (χ2n) is 4.32. The monoisotopic (exact) mass is 245 g/mol. The van der Waals surface area contributed by atoms with Crippen molar-refractivity contribution in [2.75, 3.05) is 7.11 Å². The Bertz CT molecular complexity index is 413. The van der Waals surface area contributed by atoms with Crippen LogP contribution in [-0.4, -0.2) is 7.11 Å². The minimum Gasteiger partial charge on any atom is -0.496 e. The molecular weight excluding hydrogens is 231 g/mol. The predicted molar refractivity (Wildman–Crippen MR) is 57.6 cm³/mol. The van der Waals surface area contributed by atoms with Crippen LogP contribution >= 0.6 is 0 Å². The van der Waals surface area contributed by atoms with Crippen LogP contribution in [0.2, 0.25) is 0 Å². The molecule has 0 aromatic heterocycles. The minimum absolute atomic E-state index is 0.222. The lowest BCUT2D eigenvalue weighted by molar-refractivity contribution is -0.137. The maximum atomic E-state index is 12.5. The average Bonchev–Trinajstić information content (AvgIpc) is 3.09. The SMILES string of the molecule is COc1cc(C(F)(F)F)ccc1C(N)C1CC1. The number of alkyl halides is 3. The Morgan fingerprint density at radius 1 is 1.35 bits per heavy atom. The van der Waals surface area contributed by atoms with Gasteiger partial charge < -0.3 is 10.5 Å². The molecule has 2 N–H and O–H groups in total. The van der Waals surface area contributed by atoms with Crippen molar-refractivity contribution in [1.82, 2.24) is 0 Å². The third-order valence-electron chi connectivity index (χ3n) is 3.05. The van der Waals surface area contributed by atoms with Crippen LogP contribution < -0.4 is 10.5 Å². The highest BCUT2D eigenvalue weighted by Gasteiger charge is 2.34. The molecule has 1 atom stereocenters. The standard InChI is InChI=1S/C12H14F3NO/c1-17-10-6-8(12(13,14)15)4-5-9(10)11(16)7-2-3-7/h4-7,11H,2-3,16H2,1H3. The molecule has 1 aliphatic rings. The fraction of sp³-hybridized carbons (Fsp3) is 0.500. The lowest BCUT2D eigenvalue weighted by Gasteiger charge is -2.17. The van der Waals surface area contributed by atoms with Crippen molar-refractivity contribution in [3.05, 3.63) is 29.3 Å². The Labute approximate surface area is 97.6 Å². The number of benzene rings is 1. The average molecular weight is 245 g/mol. The van der Waals surface area contributed by atoms with Crippen LogP contribution in [0.5, 0.6) is 5.75 Å². The molecule has 94 valence electrons. The highest BCUT2D eigenvalue weighted by Crippen LogP contribution is 2.43. The van der Waals surface area contributed by atoms with Gasteiger partial charge in [0.15, 0.2) is 0 Å². The normalized spacial score (nSPS) is 17.9. The van der Waals surface area contributed by atoms with E-state index in [1.54, 1.807) is 0 Å². The van der Waals surface area contributed by atoms with E-state index >= 15 is 0 Å². The summed E-state index contributed by atoms with van der Waals surface area (Å²) < 4.78 is 42.6. The molecule has 1 aliphatic carbocycles. The van der Waals surface area contributed by atoms with Gasteiger partial charge in [-0.15, -0.1) is 0 Å². The van der Waals surface area contributed by atoms with Gasteiger partial charge in [0, 0.05) is 11.6 Å². The van der Waals surface area contributed by atoms with Gasteiger partial charge in [0.25, 0.3) is 0 Å². The Kier molecular flexibility index (Phi) is 3.03. The Morgan fingerprint density at radius 3 is 2.47 bits per heavy atom. The summed E-state index contributed by atoms with van der Waals surface area (Å²) in [6.07, 6.45) is -2.29. The van der Waals surface area contributed by atoms with Crippen LogP contribution in [0.4, 0.5) is 13.2 Å². The van der Waals surface area contributed by atoms with Crippen molar-refractivity contribution in [2.45, 2.75) is 25.1 Å². The first kappa shape index (κ1) is 12.2. The summed E-state index contributed by atoms with van der Waals surface area (Å²) in [4.78, 5) is 0. The molecule has 1 saturated carbocycles. The molecule has 2 nitrogen and oxygen atoms in total. The van der Waals surface area contributed by atoms with Crippen molar-refractivity contribution < 1.29 is 17.9 Å². The van der Waals surface area contributed by atoms with Crippen molar-refractivity contribution in [3.63, 3.8) is 0 Å². The number of halogens is 3. The van der Waals surface area contributed by atoms with Crippen molar-refractivity contribution in [3.8, 4) is 5.75 Å². The molecule has 0 aliphatic heterocycles. The van der Waals surface area contributed by atoms with E-state index in [0.717, 1.165) is 25.0 Å². The van der Waals surface area contributed by atoms with E-state index in [4.69, 9.17) is 10.5 Å². The molecule has 0 spiro atoms. The summed E-state index contributed by atoms with van der Waals surface area (Å²) in [5.74, 6) is 0.597. The van der Waals surface area contributed by atoms with E-state index in [1.807, 2.05) is 0 Å². The molecule has 0 bridgehead atoms. The van der Waals surface area contributed by atoms with E-state index in [-0.39, 0.29) is 11.8 Å². The van der Waals surface area contributed by atoms with Gasteiger partial charge in [0.1, 0.15) is 5.75 Å². The summed E-state index contributed by atoms with van der Waals surface area (Å²) in [6.45, 7) is 0. The quantitative estimate of drug-likeness (QED) is 0.888. The molecule has 0 heterocycles. The number of rotatable bonds is 3. The molecule has 0 radical (unpaired) electrons. The molecule has 2 rings (SSSR count). The van der Waals surface area contributed by atoms with Gasteiger partial charge in [0.05, 0.1) is 12.7 Å². The van der Waals surface area contributed by atoms with Gasteiger partial charge in [-0.05, 0) is 30.9 Å². The number of hydrogen-bond donors (Lipinski definition) is 1. The van der Waals surface area contributed by atoms with Crippen molar-refractivity contribution in [2.24, 2.45) is 11.7 Å². The van der Waals surface area contributed by atoms with Gasteiger partial charge in [0.2, 0.25) is 0 Å². The number of methoxy groups -OCH3 is 1. The van der Waals surface area contributed by atoms with Crippen LogP contribution in [0, 0.1) is 5.92 Å². The van der Waals surface area contributed by atoms with Gasteiger partial charge in [-0.2, -0.15) is 13.2 Å². The van der Waals surface area contributed by atoms with E-state index < -0.39 is 11.7 Å². The van der Waals surface area contributed by atoms with E-state index in [1.165, 1.54) is 13.2 Å². The smallest absolute Gasteiger partial charge is 0.416 e. The molecule has 1 unspecified atom stereocenters. The molecule has 0 saturated heterocycles.